The van der Waals surface area contributed by atoms with Gasteiger partial charge in [0.05, 0.1) is 7.11 Å². The summed E-state index contributed by atoms with van der Waals surface area (Å²) in [5.74, 6) is 3.64. The molecule has 26 heavy (non-hydrogen) atoms. The monoisotopic (exact) mass is 358 g/mol. The molecule has 0 aromatic carbocycles. The lowest BCUT2D eigenvalue weighted by Gasteiger charge is -2.43. The van der Waals surface area contributed by atoms with Gasteiger partial charge in [-0.05, 0) is 67.4 Å². The number of aromatic nitrogens is 1. The Hall–Kier alpha value is -1.09. The maximum absolute atomic E-state index is 5.20. The van der Waals surface area contributed by atoms with Crippen molar-refractivity contribution in [1.29, 1.82) is 0 Å². The van der Waals surface area contributed by atoms with Crippen LogP contribution in [0.4, 0.5) is 0 Å². The lowest BCUT2D eigenvalue weighted by molar-refractivity contribution is 0.0637. The SMILES string of the molecule is COc1ccc([C@@H](C)[C@H](C)CC2CC3CC(C(C)(C)C)CC2N3C)cn1. The molecule has 2 aliphatic rings. The Labute approximate surface area is 160 Å². The molecule has 3 rings (SSSR count). The average Bonchev–Trinajstić information content (AvgIpc) is 2.78. The number of methoxy groups -OCH3 is 1. The quantitative estimate of drug-likeness (QED) is 0.708. The zero-order chi connectivity index (χ0) is 19.1. The normalized spacial score (nSPS) is 31.7. The van der Waals surface area contributed by atoms with E-state index in [4.69, 9.17) is 4.74 Å². The van der Waals surface area contributed by atoms with Crippen molar-refractivity contribution in [3.8, 4) is 5.88 Å². The molecule has 4 unspecified atom stereocenters. The Morgan fingerprint density at radius 2 is 1.92 bits per heavy atom. The predicted molar refractivity (Wildman–Crippen MR) is 109 cm³/mol. The topological polar surface area (TPSA) is 25.4 Å². The zero-order valence-corrected chi connectivity index (χ0v) is 17.8. The Morgan fingerprint density at radius 3 is 2.50 bits per heavy atom. The molecule has 0 amide bonds. The lowest BCUT2D eigenvalue weighted by atomic mass is 9.72. The number of hydrogen-bond acceptors (Lipinski definition) is 3. The largest absolute Gasteiger partial charge is 0.481 e. The summed E-state index contributed by atoms with van der Waals surface area (Å²) in [4.78, 5) is 7.11. The molecule has 3 nitrogen and oxygen atoms in total. The number of rotatable bonds is 5. The molecule has 1 aromatic rings. The van der Waals surface area contributed by atoms with Crippen LogP contribution < -0.4 is 4.74 Å². The van der Waals surface area contributed by atoms with Crippen LogP contribution in [0.15, 0.2) is 18.3 Å². The van der Waals surface area contributed by atoms with E-state index in [1.165, 1.54) is 31.2 Å². The minimum absolute atomic E-state index is 0.445. The highest BCUT2D eigenvalue weighted by atomic mass is 16.5. The van der Waals surface area contributed by atoms with Gasteiger partial charge in [0.25, 0.3) is 0 Å². The molecule has 2 fully saturated rings. The number of piperidine rings is 1. The Morgan fingerprint density at radius 1 is 1.19 bits per heavy atom. The molecular weight excluding hydrogens is 320 g/mol. The molecule has 0 saturated carbocycles. The first-order chi connectivity index (χ1) is 12.2. The standard InChI is InChI=1S/C23H38N2O/c1-15(16(2)17-8-9-22(26-7)24-14-17)10-18-11-20-12-19(23(3,4)5)13-21(18)25(20)6/h8-9,14-16,18-21H,10-13H2,1-7H3/t15-,16+,18?,19?,20?,21?/m1/s1. The Bertz CT molecular complexity index is 591. The number of ether oxygens (including phenoxy) is 1. The third-order valence-electron chi connectivity index (χ3n) is 7.55. The second kappa shape index (κ2) is 7.50. The van der Waals surface area contributed by atoms with Crippen LogP contribution in [0.2, 0.25) is 0 Å². The van der Waals surface area contributed by atoms with Gasteiger partial charge >= 0.3 is 0 Å². The molecule has 2 saturated heterocycles. The first-order valence-electron chi connectivity index (χ1n) is 10.4. The van der Waals surface area contributed by atoms with E-state index in [0.717, 1.165) is 23.9 Å². The molecule has 0 spiro atoms. The van der Waals surface area contributed by atoms with Gasteiger partial charge in [-0.25, -0.2) is 4.98 Å². The highest BCUT2D eigenvalue weighted by molar-refractivity contribution is 5.21. The third-order valence-corrected chi connectivity index (χ3v) is 7.55. The third kappa shape index (κ3) is 3.93. The van der Waals surface area contributed by atoms with Crippen LogP contribution in [0.1, 0.15) is 71.8 Å². The average molecular weight is 359 g/mol. The van der Waals surface area contributed by atoms with Crippen molar-refractivity contribution in [2.24, 2.45) is 23.2 Å². The molecule has 3 heteroatoms. The van der Waals surface area contributed by atoms with E-state index in [9.17, 15) is 0 Å². The van der Waals surface area contributed by atoms with E-state index in [1.807, 2.05) is 12.3 Å². The molecule has 0 N–H and O–H groups in total. The summed E-state index contributed by atoms with van der Waals surface area (Å²) in [6.45, 7) is 12.1. The van der Waals surface area contributed by atoms with Gasteiger partial charge < -0.3 is 9.64 Å². The van der Waals surface area contributed by atoms with Gasteiger partial charge in [-0.3, -0.25) is 0 Å². The van der Waals surface area contributed by atoms with Crippen molar-refractivity contribution in [3.05, 3.63) is 23.9 Å². The first kappa shape index (κ1) is 19.7. The van der Waals surface area contributed by atoms with Gasteiger partial charge in [-0.15, -0.1) is 0 Å². The molecule has 6 atom stereocenters. The fourth-order valence-electron chi connectivity index (χ4n) is 5.37. The van der Waals surface area contributed by atoms with Crippen LogP contribution in [0.3, 0.4) is 0 Å². The fourth-order valence-corrected chi connectivity index (χ4v) is 5.37. The van der Waals surface area contributed by atoms with Crippen molar-refractivity contribution in [2.75, 3.05) is 14.2 Å². The van der Waals surface area contributed by atoms with Crippen LogP contribution in [0.5, 0.6) is 5.88 Å². The van der Waals surface area contributed by atoms with Crippen molar-refractivity contribution in [1.82, 2.24) is 9.88 Å². The molecule has 146 valence electrons. The van der Waals surface area contributed by atoms with Gasteiger partial charge in [0, 0.05) is 24.3 Å². The van der Waals surface area contributed by atoms with Crippen LogP contribution in [-0.2, 0) is 0 Å². The summed E-state index contributed by atoms with van der Waals surface area (Å²) in [6.07, 6.45) is 7.49. The fraction of sp³-hybridized carbons (Fsp3) is 0.783. The van der Waals surface area contributed by atoms with Gasteiger partial charge in [-0.2, -0.15) is 0 Å². The van der Waals surface area contributed by atoms with Crippen LogP contribution in [-0.4, -0.2) is 36.1 Å². The minimum Gasteiger partial charge on any atom is -0.481 e. The van der Waals surface area contributed by atoms with Gasteiger partial charge in [0.1, 0.15) is 0 Å². The molecule has 2 bridgehead atoms. The van der Waals surface area contributed by atoms with E-state index in [2.05, 4.69) is 57.6 Å². The first-order valence-corrected chi connectivity index (χ1v) is 10.4. The zero-order valence-electron chi connectivity index (χ0n) is 17.8. The summed E-state index contributed by atoms with van der Waals surface area (Å²) in [6, 6.07) is 5.75. The number of fused-ring (bicyclic) bond motifs is 2. The predicted octanol–water partition coefficient (Wildman–Crippen LogP) is 5.36. The number of pyridine rings is 1. The minimum atomic E-state index is 0.445. The maximum atomic E-state index is 5.20. The van der Waals surface area contributed by atoms with Crippen molar-refractivity contribution in [3.63, 3.8) is 0 Å². The second-order valence-corrected chi connectivity index (χ2v) is 10.1. The Kier molecular flexibility index (Phi) is 5.67. The summed E-state index contributed by atoms with van der Waals surface area (Å²) in [5.41, 5.74) is 1.78. The maximum Gasteiger partial charge on any atom is 0.212 e. The molecule has 0 radical (unpaired) electrons. The summed E-state index contributed by atoms with van der Waals surface area (Å²) in [7, 11) is 4.04. The summed E-state index contributed by atoms with van der Waals surface area (Å²) >= 11 is 0. The van der Waals surface area contributed by atoms with Crippen LogP contribution in [0.25, 0.3) is 0 Å². The van der Waals surface area contributed by atoms with Gasteiger partial charge in [-0.1, -0.05) is 40.7 Å². The molecule has 2 aliphatic heterocycles. The number of nitrogens with zero attached hydrogens (tertiary/aromatic N) is 2. The highest BCUT2D eigenvalue weighted by Gasteiger charge is 2.47. The van der Waals surface area contributed by atoms with Crippen molar-refractivity contribution < 1.29 is 4.74 Å². The highest BCUT2D eigenvalue weighted by Crippen LogP contribution is 2.49. The van der Waals surface area contributed by atoms with Crippen LogP contribution in [0, 0.1) is 23.2 Å². The smallest absolute Gasteiger partial charge is 0.212 e. The second-order valence-electron chi connectivity index (χ2n) is 10.1. The molecule has 3 heterocycles. The number of hydrogen-bond donors (Lipinski definition) is 0. The molecule has 0 aliphatic carbocycles. The van der Waals surface area contributed by atoms with E-state index in [1.54, 1.807) is 7.11 Å². The van der Waals surface area contributed by atoms with E-state index < -0.39 is 0 Å². The van der Waals surface area contributed by atoms with E-state index in [0.29, 0.717) is 23.1 Å². The van der Waals surface area contributed by atoms with E-state index >= 15 is 0 Å². The van der Waals surface area contributed by atoms with E-state index in [-0.39, 0.29) is 0 Å². The van der Waals surface area contributed by atoms with Gasteiger partial charge in [0.15, 0.2) is 0 Å². The van der Waals surface area contributed by atoms with Gasteiger partial charge in [0.2, 0.25) is 5.88 Å². The molecular formula is C23H38N2O. The summed E-state index contributed by atoms with van der Waals surface area (Å²) in [5, 5.41) is 0. The van der Waals surface area contributed by atoms with Crippen LogP contribution >= 0.6 is 0 Å². The Balaban J connectivity index is 1.64. The van der Waals surface area contributed by atoms with Crippen molar-refractivity contribution in [2.45, 2.75) is 78.3 Å². The summed E-state index contributed by atoms with van der Waals surface area (Å²) < 4.78 is 5.20. The molecule has 1 aromatic heterocycles. The lowest BCUT2D eigenvalue weighted by Crippen LogP contribution is -2.44. The van der Waals surface area contributed by atoms with Crippen molar-refractivity contribution >= 4 is 0 Å².